The highest BCUT2D eigenvalue weighted by Gasteiger charge is 2.52. The number of likely N-dealkylation sites (tertiary alicyclic amines) is 1. The number of amides is 1. The summed E-state index contributed by atoms with van der Waals surface area (Å²) in [7, 11) is 1.63. The minimum Gasteiger partial charge on any atom is -0.497 e. The summed E-state index contributed by atoms with van der Waals surface area (Å²) < 4.78 is 5.18. The fourth-order valence-corrected chi connectivity index (χ4v) is 3.03. The zero-order valence-corrected chi connectivity index (χ0v) is 13.4. The van der Waals surface area contributed by atoms with Crippen LogP contribution in [-0.4, -0.2) is 35.2 Å². The van der Waals surface area contributed by atoms with Crippen molar-refractivity contribution in [3.05, 3.63) is 29.8 Å². The van der Waals surface area contributed by atoms with E-state index in [1.165, 1.54) is 0 Å². The first-order valence-corrected chi connectivity index (χ1v) is 7.52. The second-order valence-electron chi connectivity index (χ2n) is 6.32. The second kappa shape index (κ2) is 6.06. The van der Waals surface area contributed by atoms with E-state index in [2.05, 4.69) is 0 Å². The van der Waals surface area contributed by atoms with Gasteiger partial charge in [0.05, 0.1) is 25.2 Å². The molecular formula is C17H25NO3. The van der Waals surface area contributed by atoms with Gasteiger partial charge in [0.15, 0.2) is 0 Å². The van der Waals surface area contributed by atoms with Crippen LogP contribution in [0.25, 0.3) is 0 Å². The number of ether oxygens (including phenoxy) is 1. The summed E-state index contributed by atoms with van der Waals surface area (Å²) in [4.78, 5) is 14.3. The lowest BCUT2D eigenvalue weighted by atomic mass is 9.75. The monoisotopic (exact) mass is 291 g/mol. The van der Waals surface area contributed by atoms with Gasteiger partial charge in [-0.2, -0.15) is 0 Å². The lowest BCUT2D eigenvalue weighted by Crippen LogP contribution is -2.62. The van der Waals surface area contributed by atoms with E-state index in [1.54, 1.807) is 7.11 Å². The van der Waals surface area contributed by atoms with E-state index in [0.717, 1.165) is 11.3 Å². The smallest absolute Gasteiger partial charge is 0.231 e. The first-order chi connectivity index (χ1) is 9.88. The van der Waals surface area contributed by atoms with Crippen LogP contribution in [-0.2, 0) is 4.79 Å². The molecule has 4 heteroatoms. The Morgan fingerprint density at radius 1 is 1.14 bits per heavy atom. The number of hydrogen-bond donors (Lipinski definition) is 1. The summed E-state index contributed by atoms with van der Waals surface area (Å²) in [6.45, 7) is 7.90. The molecular weight excluding hydrogens is 266 g/mol. The van der Waals surface area contributed by atoms with E-state index in [-0.39, 0.29) is 29.8 Å². The SMILES string of the molecule is COc1ccc([C@H]2[C@@H]([C@@H](O)C(C)C)C(=O)N2C(C)C)cc1. The van der Waals surface area contributed by atoms with Crippen molar-refractivity contribution in [1.82, 2.24) is 4.90 Å². The van der Waals surface area contributed by atoms with Crippen molar-refractivity contribution in [1.29, 1.82) is 0 Å². The quantitative estimate of drug-likeness (QED) is 0.848. The molecule has 1 fully saturated rings. The molecule has 3 atom stereocenters. The van der Waals surface area contributed by atoms with Crippen LogP contribution in [0.2, 0.25) is 0 Å². The van der Waals surface area contributed by atoms with E-state index in [9.17, 15) is 9.90 Å². The van der Waals surface area contributed by atoms with Crippen molar-refractivity contribution < 1.29 is 14.6 Å². The van der Waals surface area contributed by atoms with Gasteiger partial charge in [0.1, 0.15) is 5.75 Å². The highest BCUT2D eigenvalue weighted by Crippen LogP contribution is 2.45. The normalized spacial score (nSPS) is 23.4. The lowest BCUT2D eigenvalue weighted by Gasteiger charge is -2.52. The van der Waals surface area contributed by atoms with Gasteiger partial charge in [0.25, 0.3) is 0 Å². The molecule has 0 aliphatic carbocycles. The minimum atomic E-state index is -0.611. The Labute approximate surface area is 126 Å². The molecule has 4 nitrogen and oxygen atoms in total. The molecule has 1 aliphatic rings. The Kier molecular flexibility index (Phi) is 4.57. The van der Waals surface area contributed by atoms with Crippen LogP contribution in [0.5, 0.6) is 5.75 Å². The Morgan fingerprint density at radius 3 is 2.14 bits per heavy atom. The van der Waals surface area contributed by atoms with Crippen LogP contribution in [0.3, 0.4) is 0 Å². The van der Waals surface area contributed by atoms with Crippen LogP contribution in [0, 0.1) is 11.8 Å². The first-order valence-electron chi connectivity index (χ1n) is 7.52. The van der Waals surface area contributed by atoms with Gasteiger partial charge >= 0.3 is 0 Å². The average Bonchev–Trinajstić information content (AvgIpc) is 2.44. The highest BCUT2D eigenvalue weighted by atomic mass is 16.5. The molecule has 0 spiro atoms. The number of aliphatic hydroxyl groups is 1. The fraction of sp³-hybridized carbons (Fsp3) is 0.588. The van der Waals surface area contributed by atoms with Crippen molar-refractivity contribution in [3.63, 3.8) is 0 Å². The van der Waals surface area contributed by atoms with Crippen LogP contribution in [0.15, 0.2) is 24.3 Å². The third-order valence-electron chi connectivity index (χ3n) is 4.24. The predicted molar refractivity (Wildman–Crippen MR) is 82.1 cm³/mol. The van der Waals surface area contributed by atoms with Gasteiger partial charge in [-0.25, -0.2) is 0 Å². The number of rotatable bonds is 5. The minimum absolute atomic E-state index is 0.0482. The van der Waals surface area contributed by atoms with Crippen molar-refractivity contribution in [2.24, 2.45) is 11.8 Å². The molecule has 1 heterocycles. The zero-order chi connectivity index (χ0) is 15.7. The van der Waals surface area contributed by atoms with Crippen LogP contribution in [0.1, 0.15) is 39.3 Å². The number of β-lactam (4-membered cyclic amide) rings is 1. The van der Waals surface area contributed by atoms with E-state index in [1.807, 2.05) is 56.9 Å². The van der Waals surface area contributed by atoms with Crippen LogP contribution < -0.4 is 4.74 Å². The number of methoxy groups -OCH3 is 1. The van der Waals surface area contributed by atoms with Gasteiger partial charge in [0, 0.05) is 6.04 Å². The van der Waals surface area contributed by atoms with E-state index in [4.69, 9.17) is 4.74 Å². The maximum atomic E-state index is 12.4. The molecule has 1 aromatic carbocycles. The summed E-state index contributed by atoms with van der Waals surface area (Å²) in [6.07, 6.45) is -0.611. The van der Waals surface area contributed by atoms with E-state index in [0.29, 0.717) is 0 Å². The van der Waals surface area contributed by atoms with Gasteiger partial charge in [-0.1, -0.05) is 26.0 Å². The van der Waals surface area contributed by atoms with Crippen molar-refractivity contribution in [2.45, 2.75) is 45.9 Å². The Balaban J connectivity index is 2.31. The molecule has 21 heavy (non-hydrogen) atoms. The first kappa shape index (κ1) is 15.8. The third-order valence-corrected chi connectivity index (χ3v) is 4.24. The maximum Gasteiger partial charge on any atom is 0.231 e. The summed E-state index contributed by atoms with van der Waals surface area (Å²) in [5.74, 6) is 0.559. The van der Waals surface area contributed by atoms with Gasteiger partial charge in [0.2, 0.25) is 5.91 Å². The zero-order valence-electron chi connectivity index (χ0n) is 13.4. The molecule has 0 radical (unpaired) electrons. The van der Waals surface area contributed by atoms with Crippen molar-refractivity contribution in [2.75, 3.05) is 7.11 Å². The Hall–Kier alpha value is -1.55. The average molecular weight is 291 g/mol. The largest absolute Gasteiger partial charge is 0.497 e. The van der Waals surface area contributed by atoms with Gasteiger partial charge in [-0.3, -0.25) is 4.79 Å². The highest BCUT2D eigenvalue weighted by molar-refractivity contribution is 5.87. The van der Waals surface area contributed by atoms with Crippen molar-refractivity contribution in [3.8, 4) is 5.75 Å². The maximum absolute atomic E-state index is 12.4. The molecule has 1 saturated heterocycles. The van der Waals surface area contributed by atoms with Crippen molar-refractivity contribution >= 4 is 5.91 Å². The summed E-state index contributed by atoms with van der Waals surface area (Å²) in [5.41, 5.74) is 1.05. The molecule has 0 bridgehead atoms. The number of benzene rings is 1. The third kappa shape index (κ3) is 2.77. The number of nitrogens with zero attached hydrogens (tertiary/aromatic N) is 1. The summed E-state index contributed by atoms with van der Waals surface area (Å²) in [5, 5.41) is 10.4. The molecule has 0 saturated carbocycles. The lowest BCUT2D eigenvalue weighted by molar-refractivity contribution is -0.172. The molecule has 2 rings (SSSR count). The standard InChI is InChI=1S/C17H25NO3/c1-10(2)16(19)14-15(18(11(3)4)17(14)20)12-6-8-13(21-5)9-7-12/h6-11,14-16,19H,1-5H3/t14-,15-,16-/m0/s1. The van der Waals surface area contributed by atoms with Gasteiger partial charge in [-0.15, -0.1) is 0 Å². The van der Waals surface area contributed by atoms with E-state index < -0.39 is 6.10 Å². The number of hydrogen-bond acceptors (Lipinski definition) is 3. The van der Waals surface area contributed by atoms with Gasteiger partial charge in [-0.05, 0) is 37.5 Å². The van der Waals surface area contributed by atoms with Crippen LogP contribution in [0.4, 0.5) is 0 Å². The number of carbonyl (C=O) groups excluding carboxylic acids is 1. The molecule has 0 unspecified atom stereocenters. The molecule has 116 valence electrons. The molecule has 0 aromatic heterocycles. The topological polar surface area (TPSA) is 49.8 Å². The summed E-state index contributed by atoms with van der Waals surface area (Å²) >= 11 is 0. The molecule has 1 aliphatic heterocycles. The fourth-order valence-electron chi connectivity index (χ4n) is 3.03. The molecule has 1 N–H and O–H groups in total. The Morgan fingerprint density at radius 2 is 1.71 bits per heavy atom. The molecule has 1 amide bonds. The summed E-state index contributed by atoms with van der Waals surface area (Å²) in [6, 6.07) is 7.82. The van der Waals surface area contributed by atoms with Crippen LogP contribution >= 0.6 is 0 Å². The Bertz CT molecular complexity index is 495. The number of carbonyl (C=O) groups is 1. The number of aliphatic hydroxyl groups excluding tert-OH is 1. The second-order valence-corrected chi connectivity index (χ2v) is 6.32. The predicted octanol–water partition coefficient (Wildman–Crippen LogP) is 2.62. The molecule has 1 aromatic rings. The van der Waals surface area contributed by atoms with Gasteiger partial charge < -0.3 is 14.7 Å². The van der Waals surface area contributed by atoms with E-state index >= 15 is 0 Å².